The molecular formula is C35H40FN5O2. The number of hydrogen-bond acceptors (Lipinski definition) is 5. The third-order valence-electron chi connectivity index (χ3n) is 6.76. The van der Waals surface area contributed by atoms with Gasteiger partial charge in [-0.15, -0.1) is 5.73 Å². The molecule has 0 bridgehead atoms. The van der Waals surface area contributed by atoms with E-state index in [1.807, 2.05) is 50.7 Å². The van der Waals surface area contributed by atoms with Crippen molar-refractivity contribution in [2.24, 2.45) is 7.05 Å². The molecule has 0 aliphatic rings. The second-order valence-corrected chi connectivity index (χ2v) is 9.96. The van der Waals surface area contributed by atoms with Gasteiger partial charge in [0.05, 0.1) is 28.8 Å². The van der Waals surface area contributed by atoms with Crippen LogP contribution in [0.25, 0.3) is 23.4 Å². The zero-order valence-electron chi connectivity index (χ0n) is 25.5. The summed E-state index contributed by atoms with van der Waals surface area (Å²) < 4.78 is 21.6. The van der Waals surface area contributed by atoms with Crippen molar-refractivity contribution in [2.45, 2.75) is 59.3 Å². The molecule has 0 unspecified atom stereocenters. The topological polar surface area (TPSA) is 78.7 Å². The van der Waals surface area contributed by atoms with Crippen molar-refractivity contribution in [3.05, 3.63) is 129 Å². The smallest absolute Gasteiger partial charge is 0.265 e. The van der Waals surface area contributed by atoms with Crippen LogP contribution in [0, 0.1) is 0 Å². The summed E-state index contributed by atoms with van der Waals surface area (Å²) in [7, 11) is 1.90. The average molecular weight is 582 g/mol. The van der Waals surface area contributed by atoms with E-state index in [1.165, 1.54) is 22.8 Å². The first-order valence-corrected chi connectivity index (χ1v) is 14.4. The van der Waals surface area contributed by atoms with Crippen molar-refractivity contribution in [2.75, 3.05) is 0 Å². The van der Waals surface area contributed by atoms with Gasteiger partial charge in [-0.05, 0) is 61.8 Å². The number of halogens is 1. The Morgan fingerprint density at radius 2 is 2.05 bits per heavy atom. The van der Waals surface area contributed by atoms with Gasteiger partial charge in [-0.3, -0.25) is 14.0 Å². The van der Waals surface area contributed by atoms with Crippen molar-refractivity contribution in [1.82, 2.24) is 24.5 Å². The van der Waals surface area contributed by atoms with Crippen LogP contribution in [0.1, 0.15) is 62.9 Å². The monoisotopic (exact) mass is 581 g/mol. The van der Waals surface area contributed by atoms with Crippen molar-refractivity contribution in [3.8, 4) is 0 Å². The molecule has 43 heavy (non-hydrogen) atoms. The second kappa shape index (κ2) is 16.6. The van der Waals surface area contributed by atoms with Crippen LogP contribution in [-0.2, 0) is 26.3 Å². The van der Waals surface area contributed by atoms with E-state index in [0.29, 0.717) is 58.3 Å². The largest absolute Gasteiger partial charge is 0.356 e. The number of unbranched alkanes of at least 4 members (excludes halogenated alkanes) is 2. The minimum Gasteiger partial charge on any atom is -0.356 e. The van der Waals surface area contributed by atoms with Crippen molar-refractivity contribution < 1.29 is 8.91 Å². The second-order valence-electron chi connectivity index (χ2n) is 9.96. The Balaban J connectivity index is 1.87. The molecule has 3 aromatic rings. The van der Waals surface area contributed by atoms with Crippen LogP contribution in [0.2, 0.25) is 0 Å². The van der Waals surface area contributed by atoms with Crippen LogP contribution in [0.15, 0.2) is 95.0 Å². The number of allylic oxidation sites excluding steroid dienone is 8. The Labute approximate surface area is 252 Å². The summed E-state index contributed by atoms with van der Waals surface area (Å²) in [6, 6.07) is 1.82. The predicted octanol–water partition coefficient (Wildman–Crippen LogP) is 5.94. The van der Waals surface area contributed by atoms with Gasteiger partial charge in [0.15, 0.2) is 5.76 Å². The third kappa shape index (κ3) is 9.09. The Morgan fingerprint density at radius 1 is 1.23 bits per heavy atom. The molecule has 3 aromatic heterocycles. The molecule has 0 saturated heterocycles. The van der Waals surface area contributed by atoms with Gasteiger partial charge in [0, 0.05) is 49.8 Å². The Morgan fingerprint density at radius 3 is 2.70 bits per heavy atom. The molecular weight excluding hydrogens is 541 g/mol. The first-order chi connectivity index (χ1) is 20.8. The first kappa shape index (κ1) is 32.7. The maximum absolute atomic E-state index is 13.6. The summed E-state index contributed by atoms with van der Waals surface area (Å²) in [5.41, 5.74) is 6.96. The van der Waals surface area contributed by atoms with Crippen LogP contribution >= 0.6 is 0 Å². The van der Waals surface area contributed by atoms with Gasteiger partial charge in [-0.25, -0.2) is 9.37 Å². The summed E-state index contributed by atoms with van der Waals surface area (Å²) in [6.45, 7) is 13.8. The van der Waals surface area contributed by atoms with E-state index in [4.69, 9.17) is 9.51 Å². The number of aryl methyl sites for hydroxylation is 2. The molecule has 0 atom stereocenters. The van der Waals surface area contributed by atoms with Gasteiger partial charge in [-0.2, -0.15) is 5.10 Å². The van der Waals surface area contributed by atoms with E-state index in [-0.39, 0.29) is 5.56 Å². The molecule has 8 heteroatoms. The van der Waals surface area contributed by atoms with E-state index in [0.717, 1.165) is 36.8 Å². The van der Waals surface area contributed by atoms with Crippen LogP contribution < -0.4 is 16.1 Å². The molecule has 0 radical (unpaired) electrons. The molecule has 0 N–H and O–H groups in total. The third-order valence-corrected chi connectivity index (χ3v) is 6.76. The lowest BCUT2D eigenvalue weighted by atomic mass is 10.1. The van der Waals surface area contributed by atoms with Crippen LogP contribution in [0.5, 0.6) is 0 Å². The van der Waals surface area contributed by atoms with E-state index in [1.54, 1.807) is 23.8 Å². The highest BCUT2D eigenvalue weighted by atomic mass is 19.1. The molecule has 3 rings (SSSR count). The summed E-state index contributed by atoms with van der Waals surface area (Å²) >= 11 is 0. The Hall–Kier alpha value is -4.81. The normalized spacial score (nSPS) is 13.0. The lowest BCUT2D eigenvalue weighted by Crippen LogP contribution is -2.48. The number of nitrogens with zero attached hydrogens (tertiary/aromatic N) is 5. The van der Waals surface area contributed by atoms with Crippen molar-refractivity contribution >= 4 is 23.4 Å². The van der Waals surface area contributed by atoms with Gasteiger partial charge < -0.3 is 4.52 Å². The lowest BCUT2D eigenvalue weighted by molar-refractivity contribution is 0.405. The van der Waals surface area contributed by atoms with E-state index in [9.17, 15) is 9.18 Å². The van der Waals surface area contributed by atoms with E-state index >= 15 is 0 Å². The highest BCUT2D eigenvalue weighted by Crippen LogP contribution is 2.16. The summed E-state index contributed by atoms with van der Waals surface area (Å²) in [4.78, 5) is 18.5. The molecule has 7 nitrogen and oxygen atoms in total. The minimum atomic E-state index is -0.233. The molecule has 0 aliphatic heterocycles. The lowest BCUT2D eigenvalue weighted by Gasteiger charge is -2.13. The Kier molecular flexibility index (Phi) is 12.6. The quantitative estimate of drug-likeness (QED) is 0.134. The van der Waals surface area contributed by atoms with Gasteiger partial charge >= 0.3 is 0 Å². The Bertz CT molecular complexity index is 1770. The zero-order valence-corrected chi connectivity index (χ0v) is 25.5. The average Bonchev–Trinajstić information content (AvgIpc) is 3.65. The molecule has 0 aromatic carbocycles. The van der Waals surface area contributed by atoms with Crippen molar-refractivity contribution in [3.63, 3.8) is 0 Å². The van der Waals surface area contributed by atoms with Gasteiger partial charge in [-0.1, -0.05) is 56.3 Å². The van der Waals surface area contributed by atoms with Gasteiger partial charge in [0.1, 0.15) is 5.82 Å². The fourth-order valence-corrected chi connectivity index (χ4v) is 4.48. The molecule has 3 heterocycles. The van der Waals surface area contributed by atoms with Gasteiger partial charge in [0.2, 0.25) is 0 Å². The number of aromatic nitrogens is 5. The summed E-state index contributed by atoms with van der Waals surface area (Å²) in [5, 5.41) is 9.42. The fourth-order valence-electron chi connectivity index (χ4n) is 4.48. The zero-order chi connectivity index (χ0) is 31.2. The molecule has 224 valence electrons. The number of hydrogen-bond donors (Lipinski definition) is 0. The summed E-state index contributed by atoms with van der Waals surface area (Å²) in [5.74, 6) is 1.13. The molecule has 0 amide bonds. The summed E-state index contributed by atoms with van der Waals surface area (Å²) in [6.07, 6.45) is 22.5. The molecule has 0 spiro atoms. The maximum Gasteiger partial charge on any atom is 0.265 e. The van der Waals surface area contributed by atoms with E-state index in [2.05, 4.69) is 36.1 Å². The highest BCUT2D eigenvalue weighted by molar-refractivity contribution is 5.68. The number of rotatable bonds is 14. The van der Waals surface area contributed by atoms with E-state index < -0.39 is 0 Å². The molecule has 0 saturated carbocycles. The maximum atomic E-state index is 13.6. The van der Waals surface area contributed by atoms with Gasteiger partial charge in [0.25, 0.3) is 5.56 Å². The first-order valence-electron chi connectivity index (χ1n) is 14.4. The predicted molar refractivity (Wildman–Crippen MR) is 173 cm³/mol. The van der Waals surface area contributed by atoms with Crippen LogP contribution in [0.4, 0.5) is 4.39 Å². The minimum absolute atomic E-state index is 0.233. The molecule has 0 aliphatic carbocycles. The SMILES string of the molecule is C=C/C(=C\C=C\F)n1c(CCCCC)nc(=C/Cc2cc(C(=C)C=C=C/C(=C\C)Cc3cnn(C)c3)on2)/c(=C\C)c1=O. The molecule has 0 fully saturated rings. The van der Waals surface area contributed by atoms with Crippen LogP contribution in [0.3, 0.4) is 0 Å². The highest BCUT2D eigenvalue weighted by Gasteiger charge is 2.12. The van der Waals surface area contributed by atoms with Crippen LogP contribution in [-0.4, -0.2) is 24.5 Å². The standard InChI is InChI=1S/C35H40FN5O2/c1-7-11-12-18-34-38-32(31(10-4)35(42)41(34)30(9-3)17-14-21-36)20-19-29-23-33(43-39-29)26(5)15-13-16-27(8-2)22-28-24-37-40(6)25-28/h8-10,14-17,20-21,23-25H,3,5,7,11-12,18-19,22H2,1-2,4,6H3/b21-14+,27-8+,30-17+,31-10+,32-20+. The fraction of sp³-hybridized carbons (Fsp3) is 0.286. The van der Waals surface area contributed by atoms with Crippen molar-refractivity contribution in [1.29, 1.82) is 0 Å².